The van der Waals surface area contributed by atoms with Gasteiger partial charge in [0.05, 0.1) is 7.11 Å². The molecular formula is C16H26N2O. The predicted molar refractivity (Wildman–Crippen MR) is 79.9 cm³/mol. The Labute approximate surface area is 116 Å². The Morgan fingerprint density at radius 1 is 1.37 bits per heavy atom. The maximum absolute atomic E-state index is 5.44. The molecule has 2 N–H and O–H groups in total. The fourth-order valence-electron chi connectivity index (χ4n) is 3.17. The molecule has 1 saturated heterocycles. The standard InChI is InChI=1S/C16H26N2O/c1-11-8-13(9-12(2)16(11)19-4)15(17-3)10-14-6-5-7-18-14/h8-9,14-15,17-18H,5-7,10H2,1-4H3. The van der Waals surface area contributed by atoms with E-state index in [9.17, 15) is 0 Å². The Balaban J connectivity index is 2.17. The van der Waals surface area contributed by atoms with Gasteiger partial charge in [0.2, 0.25) is 0 Å². The van der Waals surface area contributed by atoms with Crippen LogP contribution in [0.25, 0.3) is 0 Å². The highest BCUT2D eigenvalue weighted by Gasteiger charge is 2.20. The predicted octanol–water partition coefficient (Wildman–Crippen LogP) is 2.71. The van der Waals surface area contributed by atoms with E-state index in [0.29, 0.717) is 12.1 Å². The number of benzene rings is 1. The van der Waals surface area contributed by atoms with E-state index < -0.39 is 0 Å². The second-order valence-corrected chi connectivity index (χ2v) is 5.56. The van der Waals surface area contributed by atoms with Crippen molar-refractivity contribution in [3.8, 4) is 5.75 Å². The first kappa shape index (κ1) is 14.4. The number of ether oxygens (including phenoxy) is 1. The Kier molecular flexibility index (Phi) is 4.83. The molecule has 3 nitrogen and oxygen atoms in total. The summed E-state index contributed by atoms with van der Waals surface area (Å²) in [6.45, 7) is 5.41. The molecular weight excluding hydrogens is 236 g/mol. The molecule has 2 rings (SSSR count). The lowest BCUT2D eigenvalue weighted by atomic mass is 9.95. The van der Waals surface area contributed by atoms with Crippen LogP contribution >= 0.6 is 0 Å². The van der Waals surface area contributed by atoms with Gasteiger partial charge in [-0.05, 0) is 63.4 Å². The first-order valence-corrected chi connectivity index (χ1v) is 7.21. The van der Waals surface area contributed by atoms with Crippen LogP contribution in [0.5, 0.6) is 5.75 Å². The van der Waals surface area contributed by atoms with Crippen LogP contribution in [-0.4, -0.2) is 26.7 Å². The van der Waals surface area contributed by atoms with Crippen LogP contribution in [0.1, 0.15) is 42.0 Å². The van der Waals surface area contributed by atoms with Crippen molar-refractivity contribution >= 4 is 0 Å². The van der Waals surface area contributed by atoms with Crippen molar-refractivity contribution in [1.29, 1.82) is 0 Å². The fourth-order valence-corrected chi connectivity index (χ4v) is 3.17. The SMILES string of the molecule is CNC(CC1CCCN1)c1cc(C)c(OC)c(C)c1. The molecule has 0 spiro atoms. The molecule has 2 atom stereocenters. The normalized spacial score (nSPS) is 20.5. The topological polar surface area (TPSA) is 33.3 Å². The third-order valence-electron chi connectivity index (χ3n) is 4.12. The summed E-state index contributed by atoms with van der Waals surface area (Å²) in [7, 11) is 3.79. The zero-order chi connectivity index (χ0) is 13.8. The van der Waals surface area contributed by atoms with E-state index in [1.807, 2.05) is 0 Å². The van der Waals surface area contributed by atoms with Gasteiger partial charge in [0.1, 0.15) is 5.75 Å². The van der Waals surface area contributed by atoms with Gasteiger partial charge in [-0.15, -0.1) is 0 Å². The molecule has 0 saturated carbocycles. The maximum atomic E-state index is 5.44. The highest BCUT2D eigenvalue weighted by Crippen LogP contribution is 2.29. The number of nitrogens with one attached hydrogen (secondary N) is 2. The van der Waals surface area contributed by atoms with Crippen molar-refractivity contribution in [2.45, 2.75) is 45.2 Å². The van der Waals surface area contributed by atoms with Crippen molar-refractivity contribution in [2.75, 3.05) is 20.7 Å². The van der Waals surface area contributed by atoms with E-state index in [1.165, 1.54) is 36.1 Å². The molecule has 1 aliphatic heterocycles. The zero-order valence-electron chi connectivity index (χ0n) is 12.5. The van der Waals surface area contributed by atoms with Gasteiger partial charge < -0.3 is 15.4 Å². The lowest BCUT2D eigenvalue weighted by Crippen LogP contribution is -2.28. The van der Waals surface area contributed by atoms with Crippen LogP contribution < -0.4 is 15.4 Å². The van der Waals surface area contributed by atoms with E-state index in [0.717, 1.165) is 12.2 Å². The first-order chi connectivity index (χ1) is 9.15. The van der Waals surface area contributed by atoms with Crippen LogP contribution in [-0.2, 0) is 0 Å². The second kappa shape index (κ2) is 6.40. The Morgan fingerprint density at radius 2 is 2.05 bits per heavy atom. The molecule has 0 amide bonds. The molecule has 19 heavy (non-hydrogen) atoms. The summed E-state index contributed by atoms with van der Waals surface area (Å²) < 4.78 is 5.44. The molecule has 0 aromatic heterocycles. The van der Waals surface area contributed by atoms with Gasteiger partial charge in [0.15, 0.2) is 0 Å². The van der Waals surface area contributed by atoms with Crippen molar-refractivity contribution in [3.05, 3.63) is 28.8 Å². The summed E-state index contributed by atoms with van der Waals surface area (Å²) in [4.78, 5) is 0. The highest BCUT2D eigenvalue weighted by molar-refractivity contribution is 5.44. The summed E-state index contributed by atoms with van der Waals surface area (Å²) >= 11 is 0. The maximum Gasteiger partial charge on any atom is 0.124 e. The smallest absolute Gasteiger partial charge is 0.124 e. The molecule has 1 fully saturated rings. The first-order valence-electron chi connectivity index (χ1n) is 7.21. The minimum atomic E-state index is 0.416. The van der Waals surface area contributed by atoms with E-state index in [2.05, 4.69) is 43.7 Å². The van der Waals surface area contributed by atoms with Crippen LogP contribution in [0.3, 0.4) is 0 Å². The number of hydrogen-bond donors (Lipinski definition) is 2. The Morgan fingerprint density at radius 3 is 2.53 bits per heavy atom. The van der Waals surface area contributed by atoms with Gasteiger partial charge >= 0.3 is 0 Å². The van der Waals surface area contributed by atoms with Gasteiger partial charge in [0, 0.05) is 12.1 Å². The van der Waals surface area contributed by atoms with Crippen molar-refractivity contribution < 1.29 is 4.74 Å². The number of methoxy groups -OCH3 is 1. The van der Waals surface area contributed by atoms with Crippen LogP contribution in [0.4, 0.5) is 0 Å². The fraction of sp³-hybridized carbons (Fsp3) is 0.625. The molecule has 1 aliphatic rings. The van der Waals surface area contributed by atoms with Crippen molar-refractivity contribution in [1.82, 2.24) is 10.6 Å². The average Bonchev–Trinajstić information content (AvgIpc) is 2.88. The molecule has 1 aromatic rings. The lowest BCUT2D eigenvalue weighted by Gasteiger charge is -2.22. The molecule has 3 heteroatoms. The third-order valence-corrected chi connectivity index (χ3v) is 4.12. The number of hydrogen-bond acceptors (Lipinski definition) is 3. The minimum absolute atomic E-state index is 0.416. The largest absolute Gasteiger partial charge is 0.496 e. The number of aryl methyl sites for hydroxylation is 2. The zero-order valence-corrected chi connectivity index (χ0v) is 12.5. The van der Waals surface area contributed by atoms with Gasteiger partial charge in [-0.1, -0.05) is 12.1 Å². The third kappa shape index (κ3) is 3.28. The summed E-state index contributed by atoms with van der Waals surface area (Å²) in [5, 5.41) is 7.03. The molecule has 1 aromatic carbocycles. The Bertz CT molecular complexity index is 402. The summed E-state index contributed by atoms with van der Waals surface area (Å²) in [6.07, 6.45) is 3.76. The highest BCUT2D eigenvalue weighted by atomic mass is 16.5. The Hall–Kier alpha value is -1.06. The quantitative estimate of drug-likeness (QED) is 0.856. The molecule has 0 aliphatic carbocycles. The number of rotatable bonds is 5. The molecule has 0 bridgehead atoms. The van der Waals surface area contributed by atoms with Crippen LogP contribution in [0, 0.1) is 13.8 Å². The van der Waals surface area contributed by atoms with Gasteiger partial charge in [0.25, 0.3) is 0 Å². The van der Waals surface area contributed by atoms with Crippen molar-refractivity contribution in [3.63, 3.8) is 0 Å². The average molecular weight is 262 g/mol. The molecule has 2 unspecified atom stereocenters. The summed E-state index contributed by atoms with van der Waals surface area (Å²) in [5.74, 6) is 1.01. The van der Waals surface area contributed by atoms with E-state index in [-0.39, 0.29) is 0 Å². The van der Waals surface area contributed by atoms with E-state index in [1.54, 1.807) is 7.11 Å². The molecule has 1 heterocycles. The van der Waals surface area contributed by atoms with Gasteiger partial charge in [-0.2, -0.15) is 0 Å². The molecule has 106 valence electrons. The minimum Gasteiger partial charge on any atom is -0.496 e. The second-order valence-electron chi connectivity index (χ2n) is 5.56. The van der Waals surface area contributed by atoms with Gasteiger partial charge in [-0.3, -0.25) is 0 Å². The molecule has 0 radical (unpaired) electrons. The van der Waals surface area contributed by atoms with Crippen LogP contribution in [0.2, 0.25) is 0 Å². The van der Waals surface area contributed by atoms with Crippen molar-refractivity contribution in [2.24, 2.45) is 0 Å². The van der Waals surface area contributed by atoms with E-state index >= 15 is 0 Å². The monoisotopic (exact) mass is 262 g/mol. The summed E-state index contributed by atoms with van der Waals surface area (Å²) in [6, 6.07) is 5.57. The lowest BCUT2D eigenvalue weighted by molar-refractivity contribution is 0.407. The van der Waals surface area contributed by atoms with Crippen LogP contribution in [0.15, 0.2) is 12.1 Å². The van der Waals surface area contributed by atoms with Gasteiger partial charge in [-0.25, -0.2) is 0 Å². The summed E-state index contributed by atoms with van der Waals surface area (Å²) in [5.41, 5.74) is 3.81. The van der Waals surface area contributed by atoms with E-state index in [4.69, 9.17) is 4.74 Å².